The predicted octanol–water partition coefficient (Wildman–Crippen LogP) is 13.7. The van der Waals surface area contributed by atoms with Crippen molar-refractivity contribution in [3.05, 3.63) is 209 Å². The molecular weight excluding hydrogens is 795 g/mol. The number of benzene rings is 6. The Hall–Kier alpha value is -4.45. The van der Waals surface area contributed by atoms with Gasteiger partial charge in [0.25, 0.3) is 11.5 Å². The zero-order valence-electron chi connectivity index (χ0n) is 40.8. The zero-order chi connectivity index (χ0) is 45.1. The normalized spacial score (nSPS) is 23.2. The van der Waals surface area contributed by atoms with Crippen molar-refractivity contribution in [3.8, 4) is 0 Å². The first-order valence-corrected chi connectivity index (χ1v) is 25.1. The molecule has 0 amide bonds. The van der Waals surface area contributed by atoms with E-state index in [-0.39, 0.29) is 11.5 Å². The van der Waals surface area contributed by atoms with Crippen molar-refractivity contribution in [1.82, 2.24) is 12.9 Å². The highest BCUT2D eigenvalue weighted by Gasteiger charge is 2.57. The van der Waals surface area contributed by atoms with E-state index < -0.39 is 0 Å². The summed E-state index contributed by atoms with van der Waals surface area (Å²) in [5, 5.41) is 0. The average molecular weight is 867 g/mol. The zero-order valence-corrected chi connectivity index (χ0v) is 41.7. The molecule has 4 heteroatoms. The lowest BCUT2D eigenvalue weighted by atomic mass is 9.82. The molecule has 3 aliphatic rings. The summed E-state index contributed by atoms with van der Waals surface area (Å²) in [6.45, 7) is 33.7. The lowest BCUT2D eigenvalue weighted by Crippen LogP contribution is -2.51. The lowest BCUT2D eigenvalue weighted by Gasteiger charge is -2.28. The number of nitrogens with zero attached hydrogens (tertiary/aromatic N) is 3. The summed E-state index contributed by atoms with van der Waals surface area (Å²) in [6, 6.07) is 44.1. The maximum absolute atomic E-state index is 2.98. The van der Waals surface area contributed by atoms with Gasteiger partial charge in [0.05, 0.1) is 39.3 Å². The molecule has 0 spiro atoms. The third-order valence-electron chi connectivity index (χ3n) is 14.6. The van der Waals surface area contributed by atoms with Crippen LogP contribution in [0.3, 0.4) is 0 Å². The van der Waals surface area contributed by atoms with Crippen molar-refractivity contribution < 1.29 is 0 Å². The van der Waals surface area contributed by atoms with Gasteiger partial charge in [-0.05, 0) is 116 Å². The van der Waals surface area contributed by atoms with E-state index in [0.29, 0.717) is 35.5 Å². The number of rotatable bonds is 9. The molecule has 3 saturated heterocycles. The maximum Gasteiger partial charge on any atom is 0.268 e. The van der Waals surface area contributed by atoms with Crippen LogP contribution in [-0.2, 0) is 11.5 Å². The second-order valence-corrected chi connectivity index (χ2v) is 23.0. The summed E-state index contributed by atoms with van der Waals surface area (Å²) in [7, 11) is 0. The third kappa shape index (κ3) is 9.45. The second kappa shape index (κ2) is 18.1. The molecule has 3 nitrogen and oxygen atoms in total. The van der Waals surface area contributed by atoms with Gasteiger partial charge in [0.2, 0.25) is 0 Å². The SMILES string of the molecule is Cc1cc(C)cc([C@@H]2CN([S+](N3C[C@@H](c4cc(C)cc(C)c4)[C@H](c4cc(C)cc(C)c4)C3)N3C[C@@H](c4cc(C)cc(C)c4)[C@H](c4cc(C)cc(C)c4)C3)C[C@H]2c2cc(C)cc(C)c2)c1. The van der Waals surface area contributed by atoms with E-state index in [9.17, 15) is 0 Å². The fraction of sp³-hybridized carbons (Fsp3) is 0.400. The molecule has 6 aromatic carbocycles. The number of hydrogen-bond acceptors (Lipinski definition) is 3. The van der Waals surface area contributed by atoms with E-state index in [0.717, 1.165) is 39.3 Å². The molecule has 3 aliphatic heterocycles. The molecule has 0 saturated carbocycles. The van der Waals surface area contributed by atoms with Crippen LogP contribution in [0.5, 0.6) is 0 Å². The van der Waals surface area contributed by atoms with Crippen LogP contribution in [0, 0.1) is 83.1 Å². The van der Waals surface area contributed by atoms with Crippen molar-refractivity contribution in [2.24, 2.45) is 0 Å². The topological polar surface area (TPSA) is 9.72 Å². The molecule has 6 aromatic rings. The monoisotopic (exact) mass is 867 g/mol. The summed E-state index contributed by atoms with van der Waals surface area (Å²) in [5.74, 6) is 2.39. The summed E-state index contributed by atoms with van der Waals surface area (Å²) in [6.07, 6.45) is 0. The minimum Gasteiger partial charge on any atom is -0.0868 e. The predicted molar refractivity (Wildman–Crippen MR) is 274 cm³/mol. The molecule has 0 bridgehead atoms. The van der Waals surface area contributed by atoms with E-state index in [1.165, 1.54) is 100 Å². The summed E-state index contributed by atoms with van der Waals surface area (Å²) < 4.78 is 8.95. The Morgan fingerprint density at radius 2 is 0.359 bits per heavy atom. The quantitative estimate of drug-likeness (QED) is 0.134. The molecule has 3 heterocycles. The fourth-order valence-electron chi connectivity index (χ4n) is 12.6. The highest BCUT2D eigenvalue weighted by molar-refractivity contribution is 7.90. The van der Waals surface area contributed by atoms with Crippen LogP contribution in [0.25, 0.3) is 0 Å². The van der Waals surface area contributed by atoms with Crippen LogP contribution in [0.2, 0.25) is 0 Å². The Kier molecular flexibility index (Phi) is 12.6. The van der Waals surface area contributed by atoms with Gasteiger partial charge < -0.3 is 0 Å². The van der Waals surface area contributed by atoms with Crippen molar-refractivity contribution in [2.45, 2.75) is 119 Å². The van der Waals surface area contributed by atoms with Gasteiger partial charge in [-0.25, -0.2) is 0 Å². The highest BCUT2D eigenvalue weighted by atomic mass is 32.2. The Bertz CT molecular complexity index is 2100. The smallest absolute Gasteiger partial charge is 0.0868 e. The Morgan fingerprint density at radius 1 is 0.234 bits per heavy atom. The van der Waals surface area contributed by atoms with E-state index in [2.05, 4.69) is 205 Å². The second-order valence-electron chi connectivity index (χ2n) is 21.0. The van der Waals surface area contributed by atoms with E-state index in [4.69, 9.17) is 0 Å². The molecule has 0 aliphatic carbocycles. The summed E-state index contributed by atoms with van der Waals surface area (Å²) >= 11 is -0.281. The summed E-state index contributed by atoms with van der Waals surface area (Å²) in [5.41, 5.74) is 25.4. The first-order valence-electron chi connectivity index (χ1n) is 24.0. The van der Waals surface area contributed by atoms with Crippen molar-refractivity contribution in [1.29, 1.82) is 0 Å². The van der Waals surface area contributed by atoms with Gasteiger partial charge in [-0.1, -0.05) is 189 Å². The molecule has 332 valence electrons. The molecule has 0 radical (unpaired) electrons. The Labute approximate surface area is 389 Å². The van der Waals surface area contributed by atoms with Gasteiger partial charge in [-0.15, -0.1) is 0 Å². The summed E-state index contributed by atoms with van der Waals surface area (Å²) in [4.78, 5) is 0. The fourth-order valence-corrected chi connectivity index (χ4v) is 15.3. The van der Waals surface area contributed by atoms with E-state index >= 15 is 0 Å². The molecule has 6 atom stereocenters. The maximum atomic E-state index is 2.98. The van der Waals surface area contributed by atoms with Gasteiger partial charge in [0, 0.05) is 35.5 Å². The first-order chi connectivity index (χ1) is 30.5. The standard InChI is InChI=1S/C60H72N3S/c1-37-13-38(2)20-49(19-37)55-31-61(32-56(55)50-21-39(3)14-40(4)22-50)64(62-33-57(51-23-41(5)15-42(6)24-51)58(34-62)52-25-43(7)16-44(8)26-52)63-35-59(53-27-45(9)17-46(10)28-53)60(36-63)54-29-47(11)18-48(12)30-54/h13-30,55-60H,31-36H2,1-12H3/q+1/t55-,56-,57-,58-,59-,60-/m0/s1. The molecular formula is C60H72N3S+. The van der Waals surface area contributed by atoms with Crippen LogP contribution in [0.4, 0.5) is 0 Å². The Morgan fingerprint density at radius 3 is 0.484 bits per heavy atom. The largest absolute Gasteiger partial charge is 0.268 e. The average Bonchev–Trinajstić information content (AvgIpc) is 3.95. The minimum atomic E-state index is -0.281. The van der Waals surface area contributed by atoms with E-state index in [1.807, 2.05) is 0 Å². The molecule has 0 N–H and O–H groups in total. The van der Waals surface area contributed by atoms with Crippen LogP contribution in [0.1, 0.15) is 136 Å². The first kappa shape index (κ1) is 44.7. The van der Waals surface area contributed by atoms with Crippen LogP contribution in [0.15, 0.2) is 109 Å². The van der Waals surface area contributed by atoms with Crippen molar-refractivity contribution >= 4 is 11.5 Å². The lowest BCUT2D eigenvalue weighted by molar-refractivity contribution is 0.405. The van der Waals surface area contributed by atoms with Crippen molar-refractivity contribution in [3.63, 3.8) is 0 Å². The van der Waals surface area contributed by atoms with Gasteiger partial charge in [-0.3, -0.25) is 0 Å². The van der Waals surface area contributed by atoms with Crippen LogP contribution in [-0.4, -0.2) is 52.2 Å². The number of aryl methyl sites for hydroxylation is 12. The van der Waals surface area contributed by atoms with Crippen molar-refractivity contribution in [2.75, 3.05) is 39.3 Å². The van der Waals surface area contributed by atoms with Gasteiger partial charge in [0.1, 0.15) is 0 Å². The number of hydrogen-bond donors (Lipinski definition) is 0. The van der Waals surface area contributed by atoms with Crippen LogP contribution >= 0.6 is 0 Å². The minimum absolute atomic E-state index is 0.281. The van der Waals surface area contributed by atoms with Gasteiger partial charge in [-0.2, -0.15) is 0 Å². The van der Waals surface area contributed by atoms with Crippen LogP contribution < -0.4 is 0 Å². The molecule has 3 fully saturated rings. The van der Waals surface area contributed by atoms with E-state index in [1.54, 1.807) is 0 Å². The highest BCUT2D eigenvalue weighted by Crippen LogP contribution is 2.50. The molecule has 9 rings (SSSR count). The molecule has 0 unspecified atom stereocenters. The molecule has 0 aromatic heterocycles. The van der Waals surface area contributed by atoms with Gasteiger partial charge >= 0.3 is 0 Å². The van der Waals surface area contributed by atoms with Gasteiger partial charge in [0.15, 0.2) is 0 Å². The Balaban J connectivity index is 1.20. The third-order valence-corrected chi connectivity index (χ3v) is 16.9. The molecule has 64 heavy (non-hydrogen) atoms.